The lowest BCUT2D eigenvalue weighted by molar-refractivity contribution is -0.385. The maximum atomic E-state index is 10.6. The van der Waals surface area contributed by atoms with E-state index in [2.05, 4.69) is 18.5 Å². The molecule has 0 bridgehead atoms. The molecule has 0 saturated carbocycles. The molecule has 2 aromatic rings. The SMILES string of the molecule is C=C(NC(=C)c1ccc([N+](=O)[O-])cc1)c1ccc([N+](=O)[O-])cc1. The third-order valence-electron chi connectivity index (χ3n) is 3.15. The van der Waals surface area contributed by atoms with Crippen LogP contribution in [0.4, 0.5) is 11.4 Å². The van der Waals surface area contributed by atoms with E-state index >= 15 is 0 Å². The monoisotopic (exact) mass is 311 g/mol. The molecule has 7 heteroatoms. The van der Waals surface area contributed by atoms with Crippen molar-refractivity contribution < 1.29 is 9.85 Å². The van der Waals surface area contributed by atoms with Crippen molar-refractivity contribution in [2.45, 2.75) is 0 Å². The molecule has 1 N–H and O–H groups in total. The van der Waals surface area contributed by atoms with E-state index in [1.54, 1.807) is 24.3 Å². The van der Waals surface area contributed by atoms with Crippen LogP contribution < -0.4 is 5.32 Å². The second-order valence-electron chi connectivity index (χ2n) is 4.69. The molecule has 116 valence electrons. The molecule has 0 radical (unpaired) electrons. The first-order valence-corrected chi connectivity index (χ1v) is 6.53. The summed E-state index contributed by atoms with van der Waals surface area (Å²) in [5.41, 5.74) is 2.38. The van der Waals surface area contributed by atoms with Gasteiger partial charge in [0.25, 0.3) is 11.4 Å². The second-order valence-corrected chi connectivity index (χ2v) is 4.69. The minimum absolute atomic E-state index is 0.00394. The lowest BCUT2D eigenvalue weighted by atomic mass is 10.1. The van der Waals surface area contributed by atoms with Gasteiger partial charge in [-0.25, -0.2) is 0 Å². The average Bonchev–Trinajstić information content (AvgIpc) is 2.54. The molecule has 0 aliphatic heterocycles. The van der Waals surface area contributed by atoms with Crippen LogP contribution in [0.3, 0.4) is 0 Å². The third-order valence-corrected chi connectivity index (χ3v) is 3.15. The average molecular weight is 311 g/mol. The predicted octanol–water partition coefficient (Wildman–Crippen LogP) is 3.73. The van der Waals surface area contributed by atoms with Crippen LogP contribution in [0.2, 0.25) is 0 Å². The topological polar surface area (TPSA) is 98.3 Å². The van der Waals surface area contributed by atoms with Crippen molar-refractivity contribution in [1.29, 1.82) is 0 Å². The Morgan fingerprint density at radius 3 is 1.30 bits per heavy atom. The Labute approximate surface area is 131 Å². The van der Waals surface area contributed by atoms with Gasteiger partial charge < -0.3 is 5.32 Å². The smallest absolute Gasteiger partial charge is 0.269 e. The lowest BCUT2D eigenvalue weighted by Gasteiger charge is -2.12. The lowest BCUT2D eigenvalue weighted by Crippen LogP contribution is -2.09. The number of hydrogen-bond acceptors (Lipinski definition) is 5. The third kappa shape index (κ3) is 3.79. The van der Waals surface area contributed by atoms with Crippen molar-refractivity contribution >= 4 is 22.8 Å². The van der Waals surface area contributed by atoms with Gasteiger partial charge in [-0.15, -0.1) is 0 Å². The fourth-order valence-electron chi connectivity index (χ4n) is 1.90. The van der Waals surface area contributed by atoms with Gasteiger partial charge in [0.2, 0.25) is 0 Å². The van der Waals surface area contributed by atoms with Crippen molar-refractivity contribution in [1.82, 2.24) is 5.32 Å². The first-order chi connectivity index (χ1) is 10.9. The van der Waals surface area contributed by atoms with Gasteiger partial charge in [0.15, 0.2) is 0 Å². The summed E-state index contributed by atoms with van der Waals surface area (Å²) >= 11 is 0. The molecule has 0 heterocycles. The molecular weight excluding hydrogens is 298 g/mol. The molecular formula is C16H13N3O4. The van der Waals surface area contributed by atoms with Crippen LogP contribution in [0.5, 0.6) is 0 Å². The number of non-ortho nitro benzene ring substituents is 2. The highest BCUT2D eigenvalue weighted by atomic mass is 16.6. The highest BCUT2D eigenvalue weighted by molar-refractivity contribution is 5.75. The van der Waals surface area contributed by atoms with Crippen LogP contribution in [0.25, 0.3) is 11.4 Å². The Balaban J connectivity index is 2.08. The summed E-state index contributed by atoms with van der Waals surface area (Å²) in [7, 11) is 0. The highest BCUT2D eigenvalue weighted by Gasteiger charge is 2.08. The van der Waals surface area contributed by atoms with Crippen LogP contribution in [0, 0.1) is 20.2 Å². The molecule has 0 aliphatic rings. The van der Waals surface area contributed by atoms with E-state index in [9.17, 15) is 20.2 Å². The molecule has 0 saturated heterocycles. The number of rotatable bonds is 6. The van der Waals surface area contributed by atoms with Crippen LogP contribution in [-0.2, 0) is 0 Å². The molecule has 2 rings (SSSR count). The van der Waals surface area contributed by atoms with E-state index in [1.807, 2.05) is 0 Å². The molecule has 0 fully saturated rings. The van der Waals surface area contributed by atoms with Gasteiger partial charge in [0.1, 0.15) is 0 Å². The number of benzene rings is 2. The molecule has 7 nitrogen and oxygen atoms in total. The summed E-state index contributed by atoms with van der Waals surface area (Å²) in [5, 5.41) is 24.2. The first-order valence-electron chi connectivity index (χ1n) is 6.53. The number of nitro groups is 2. The van der Waals surface area contributed by atoms with E-state index < -0.39 is 9.85 Å². The standard InChI is InChI=1S/C16H13N3O4/c1-11(13-3-7-15(8-4-13)18(20)21)17-12(2)14-5-9-16(10-6-14)19(22)23/h3-10,17H,1-2H2. The minimum atomic E-state index is -0.476. The van der Waals surface area contributed by atoms with E-state index in [1.165, 1.54) is 24.3 Å². The van der Waals surface area contributed by atoms with E-state index in [0.717, 1.165) is 0 Å². The molecule has 2 aromatic carbocycles. The summed E-state index contributed by atoms with van der Waals surface area (Å²) in [6.45, 7) is 7.72. The van der Waals surface area contributed by atoms with Gasteiger partial charge in [-0.1, -0.05) is 13.2 Å². The van der Waals surface area contributed by atoms with Crippen LogP contribution in [0.1, 0.15) is 11.1 Å². The summed E-state index contributed by atoms with van der Waals surface area (Å²) in [6.07, 6.45) is 0. The molecule has 0 aromatic heterocycles. The van der Waals surface area contributed by atoms with Gasteiger partial charge in [-0.05, 0) is 35.4 Å². The van der Waals surface area contributed by atoms with E-state index in [-0.39, 0.29) is 11.4 Å². The number of nitro benzene ring substituents is 2. The van der Waals surface area contributed by atoms with Gasteiger partial charge in [-0.3, -0.25) is 20.2 Å². The predicted molar refractivity (Wildman–Crippen MR) is 87.4 cm³/mol. The van der Waals surface area contributed by atoms with Crippen molar-refractivity contribution in [2.75, 3.05) is 0 Å². The van der Waals surface area contributed by atoms with Crippen LogP contribution >= 0.6 is 0 Å². The zero-order valence-corrected chi connectivity index (χ0v) is 12.1. The second kappa shape index (κ2) is 6.52. The first kappa shape index (κ1) is 15.9. The molecule has 0 atom stereocenters. The van der Waals surface area contributed by atoms with Crippen LogP contribution in [0.15, 0.2) is 61.7 Å². The largest absolute Gasteiger partial charge is 0.356 e. The summed E-state index contributed by atoms with van der Waals surface area (Å²) in [4.78, 5) is 20.3. The summed E-state index contributed by atoms with van der Waals surface area (Å²) in [6, 6.07) is 11.9. The maximum Gasteiger partial charge on any atom is 0.269 e. The normalized spacial score (nSPS) is 9.91. The van der Waals surface area contributed by atoms with Gasteiger partial charge in [-0.2, -0.15) is 0 Å². The van der Waals surface area contributed by atoms with E-state index in [4.69, 9.17) is 0 Å². The Hall–Kier alpha value is -3.48. The molecule has 0 amide bonds. The number of nitrogens with zero attached hydrogens (tertiary/aromatic N) is 2. The number of nitrogens with one attached hydrogen (secondary N) is 1. The summed E-state index contributed by atoms with van der Waals surface area (Å²) < 4.78 is 0. The zero-order valence-electron chi connectivity index (χ0n) is 12.1. The quantitative estimate of drug-likeness (QED) is 0.647. The fraction of sp³-hybridized carbons (Fsp3) is 0. The minimum Gasteiger partial charge on any atom is -0.356 e. The van der Waals surface area contributed by atoms with E-state index in [0.29, 0.717) is 22.5 Å². The molecule has 0 aliphatic carbocycles. The van der Waals surface area contributed by atoms with Crippen molar-refractivity contribution in [3.8, 4) is 0 Å². The van der Waals surface area contributed by atoms with Gasteiger partial charge in [0, 0.05) is 35.7 Å². The Kier molecular flexibility index (Phi) is 4.51. The Morgan fingerprint density at radius 2 is 1.04 bits per heavy atom. The number of hydrogen-bond donors (Lipinski definition) is 1. The van der Waals surface area contributed by atoms with Crippen LogP contribution in [-0.4, -0.2) is 9.85 Å². The maximum absolute atomic E-state index is 10.6. The highest BCUT2D eigenvalue weighted by Crippen LogP contribution is 2.20. The molecule has 23 heavy (non-hydrogen) atoms. The van der Waals surface area contributed by atoms with Crippen molar-refractivity contribution in [3.05, 3.63) is 93.0 Å². The van der Waals surface area contributed by atoms with Crippen molar-refractivity contribution in [3.63, 3.8) is 0 Å². The zero-order chi connectivity index (χ0) is 17.0. The van der Waals surface area contributed by atoms with Crippen molar-refractivity contribution in [2.24, 2.45) is 0 Å². The molecule has 0 spiro atoms. The van der Waals surface area contributed by atoms with Gasteiger partial charge in [0.05, 0.1) is 9.85 Å². The Bertz CT molecular complexity index is 712. The molecule has 0 unspecified atom stereocenters. The Morgan fingerprint density at radius 1 is 0.739 bits per heavy atom. The summed E-state index contributed by atoms with van der Waals surface area (Å²) in [5.74, 6) is 0. The fourth-order valence-corrected chi connectivity index (χ4v) is 1.90. The van der Waals surface area contributed by atoms with Gasteiger partial charge >= 0.3 is 0 Å².